The van der Waals surface area contributed by atoms with Crippen LogP contribution >= 0.6 is 0 Å². The maximum atomic E-state index is 9.47. The molecule has 0 bridgehead atoms. The zero-order valence-corrected chi connectivity index (χ0v) is 20.4. The third kappa shape index (κ3) is 6.49. The maximum Gasteiger partial charge on any atom is 0.488 e. The van der Waals surface area contributed by atoms with Gasteiger partial charge in [-0.05, 0) is 55.7 Å². The molecule has 32 heavy (non-hydrogen) atoms. The van der Waals surface area contributed by atoms with Crippen LogP contribution in [0.3, 0.4) is 0 Å². The minimum Gasteiger partial charge on any atom is -0.497 e. The Hall–Kier alpha value is -3.02. The molecule has 1 aromatic heterocycles. The SMILES string of the molecule is C=C(C)C.CC.CC.COc1ccc(-n2c3ccccc3c3cc(B(O)O)ccc32)cc1. The number of allylic oxidation sites excluding steroid dienone is 1. The Bertz CT molecular complexity index is 1110. The van der Waals surface area contributed by atoms with Crippen LogP contribution in [0.1, 0.15) is 41.5 Å². The predicted octanol–water partition coefficient (Wildman–Crippen LogP) is 6.11. The highest BCUT2D eigenvalue weighted by Gasteiger charge is 2.16. The number of fused-ring (bicyclic) bond motifs is 3. The van der Waals surface area contributed by atoms with Crippen molar-refractivity contribution < 1.29 is 14.8 Å². The third-order valence-corrected chi connectivity index (χ3v) is 4.33. The lowest BCUT2D eigenvalue weighted by atomic mass is 9.80. The Morgan fingerprint density at radius 2 is 1.34 bits per heavy atom. The molecule has 0 radical (unpaired) electrons. The van der Waals surface area contributed by atoms with Gasteiger partial charge in [-0.1, -0.05) is 63.6 Å². The predicted molar refractivity (Wildman–Crippen MR) is 140 cm³/mol. The van der Waals surface area contributed by atoms with E-state index in [1.54, 1.807) is 13.2 Å². The summed E-state index contributed by atoms with van der Waals surface area (Å²) in [4.78, 5) is 0. The Balaban J connectivity index is 0.000000568. The number of benzene rings is 3. The maximum absolute atomic E-state index is 9.47. The largest absolute Gasteiger partial charge is 0.497 e. The highest BCUT2D eigenvalue weighted by molar-refractivity contribution is 6.59. The molecule has 0 saturated heterocycles. The van der Waals surface area contributed by atoms with Crippen LogP contribution in [-0.4, -0.2) is 28.8 Å². The molecule has 0 aliphatic rings. The zero-order valence-electron chi connectivity index (χ0n) is 20.4. The topological polar surface area (TPSA) is 54.6 Å². The zero-order chi connectivity index (χ0) is 24.3. The number of aromatic nitrogens is 1. The van der Waals surface area contributed by atoms with E-state index in [0.717, 1.165) is 33.2 Å². The third-order valence-electron chi connectivity index (χ3n) is 4.33. The molecule has 0 amide bonds. The van der Waals surface area contributed by atoms with Crippen LogP contribution in [0.15, 0.2) is 78.9 Å². The molecule has 170 valence electrons. The van der Waals surface area contributed by atoms with Crippen molar-refractivity contribution in [2.75, 3.05) is 7.11 Å². The summed E-state index contributed by atoms with van der Waals surface area (Å²) in [5.41, 5.74) is 4.77. The lowest BCUT2D eigenvalue weighted by molar-refractivity contribution is 0.415. The smallest absolute Gasteiger partial charge is 0.488 e. The van der Waals surface area contributed by atoms with E-state index in [0.29, 0.717) is 5.46 Å². The van der Waals surface area contributed by atoms with E-state index in [-0.39, 0.29) is 0 Å². The van der Waals surface area contributed by atoms with Gasteiger partial charge in [0.05, 0.1) is 18.1 Å². The molecule has 0 fully saturated rings. The van der Waals surface area contributed by atoms with Crippen LogP contribution in [0, 0.1) is 0 Å². The molecule has 5 heteroatoms. The molecule has 0 spiro atoms. The van der Waals surface area contributed by atoms with E-state index in [1.165, 1.54) is 5.57 Å². The van der Waals surface area contributed by atoms with E-state index in [1.807, 2.05) is 96.1 Å². The van der Waals surface area contributed by atoms with Crippen molar-refractivity contribution in [3.63, 3.8) is 0 Å². The summed E-state index contributed by atoms with van der Waals surface area (Å²) in [5, 5.41) is 21.0. The van der Waals surface area contributed by atoms with Crippen molar-refractivity contribution in [3.05, 3.63) is 78.9 Å². The van der Waals surface area contributed by atoms with E-state index >= 15 is 0 Å². The van der Waals surface area contributed by atoms with Crippen molar-refractivity contribution in [3.8, 4) is 11.4 Å². The number of methoxy groups -OCH3 is 1. The number of hydrogen-bond acceptors (Lipinski definition) is 3. The molecule has 4 aromatic rings. The van der Waals surface area contributed by atoms with Crippen molar-refractivity contribution >= 4 is 34.4 Å². The van der Waals surface area contributed by atoms with Gasteiger partial charge in [-0.25, -0.2) is 0 Å². The summed E-state index contributed by atoms with van der Waals surface area (Å²) >= 11 is 0. The Kier molecular flexibility index (Phi) is 11.3. The Morgan fingerprint density at radius 3 is 1.88 bits per heavy atom. The van der Waals surface area contributed by atoms with Gasteiger partial charge in [-0.15, -0.1) is 6.58 Å². The first kappa shape index (κ1) is 27.0. The average Bonchev–Trinajstić information content (AvgIpc) is 3.15. The van der Waals surface area contributed by atoms with E-state index in [9.17, 15) is 10.0 Å². The van der Waals surface area contributed by atoms with Gasteiger partial charge in [-0.3, -0.25) is 0 Å². The molecular formula is C27H36BNO3. The van der Waals surface area contributed by atoms with E-state index < -0.39 is 7.12 Å². The van der Waals surface area contributed by atoms with Crippen LogP contribution in [0.5, 0.6) is 5.75 Å². The van der Waals surface area contributed by atoms with Crippen molar-refractivity contribution in [1.82, 2.24) is 4.57 Å². The second kappa shape index (κ2) is 13.4. The van der Waals surface area contributed by atoms with Gasteiger partial charge in [-0.2, -0.15) is 0 Å². The molecule has 4 rings (SSSR count). The van der Waals surface area contributed by atoms with Crippen molar-refractivity contribution in [2.45, 2.75) is 41.5 Å². The van der Waals surface area contributed by atoms with Gasteiger partial charge in [0, 0.05) is 16.5 Å². The first-order valence-corrected chi connectivity index (χ1v) is 11.1. The molecule has 0 aliphatic heterocycles. The molecule has 3 aromatic carbocycles. The van der Waals surface area contributed by atoms with Crippen LogP contribution < -0.4 is 10.2 Å². The minimum absolute atomic E-state index is 0.486. The van der Waals surface area contributed by atoms with Gasteiger partial charge >= 0.3 is 7.12 Å². The normalized spacial score (nSPS) is 9.53. The second-order valence-electron chi connectivity index (χ2n) is 6.91. The summed E-state index contributed by atoms with van der Waals surface area (Å²) in [6, 6.07) is 21.5. The molecule has 0 atom stereocenters. The summed E-state index contributed by atoms with van der Waals surface area (Å²) < 4.78 is 7.40. The highest BCUT2D eigenvalue weighted by atomic mass is 16.5. The first-order valence-electron chi connectivity index (χ1n) is 11.1. The Labute approximate surface area is 192 Å². The monoisotopic (exact) mass is 433 g/mol. The molecule has 0 saturated carbocycles. The lowest BCUT2D eigenvalue weighted by Crippen LogP contribution is -2.29. The molecule has 0 unspecified atom stereocenters. The van der Waals surface area contributed by atoms with Gasteiger partial charge < -0.3 is 19.4 Å². The van der Waals surface area contributed by atoms with Gasteiger partial charge in [0.25, 0.3) is 0 Å². The second-order valence-corrected chi connectivity index (χ2v) is 6.91. The molecule has 1 heterocycles. The minimum atomic E-state index is -1.47. The fraction of sp³-hybridized carbons (Fsp3) is 0.259. The fourth-order valence-corrected chi connectivity index (χ4v) is 3.16. The number of nitrogens with zero attached hydrogens (tertiary/aromatic N) is 1. The van der Waals surface area contributed by atoms with Gasteiger partial charge in [0.15, 0.2) is 0 Å². The number of ether oxygens (including phenoxy) is 1. The highest BCUT2D eigenvalue weighted by Crippen LogP contribution is 2.31. The number of rotatable bonds is 3. The van der Waals surface area contributed by atoms with Gasteiger partial charge in [0.1, 0.15) is 5.75 Å². The number of para-hydroxylation sites is 1. The van der Waals surface area contributed by atoms with Crippen molar-refractivity contribution in [2.24, 2.45) is 0 Å². The molecular weight excluding hydrogens is 397 g/mol. The first-order chi connectivity index (χ1) is 15.4. The van der Waals surface area contributed by atoms with E-state index in [4.69, 9.17) is 4.74 Å². The summed E-state index contributed by atoms with van der Waals surface area (Å²) in [6.07, 6.45) is 0. The quantitative estimate of drug-likeness (QED) is 0.303. The summed E-state index contributed by atoms with van der Waals surface area (Å²) in [5.74, 6) is 0.810. The lowest BCUT2D eigenvalue weighted by Gasteiger charge is -2.09. The Morgan fingerprint density at radius 1 is 0.812 bits per heavy atom. The molecule has 2 N–H and O–H groups in total. The van der Waals surface area contributed by atoms with E-state index in [2.05, 4.69) is 17.2 Å². The van der Waals surface area contributed by atoms with Gasteiger partial charge in [0.2, 0.25) is 0 Å². The molecule has 0 aliphatic carbocycles. The van der Waals surface area contributed by atoms with Crippen molar-refractivity contribution in [1.29, 1.82) is 0 Å². The standard InChI is InChI=1S/C19H16BNO3.C4H8.2C2H6/c1-24-15-9-7-14(8-10-15)21-18-5-3-2-4-16(18)17-12-13(20(22)23)6-11-19(17)21;1-4(2)3;2*1-2/h2-12,22-23H,1H3;1H2,2-3H3;2*1-2H3. The number of hydrogen-bond donors (Lipinski definition) is 2. The van der Waals surface area contributed by atoms with Crippen LogP contribution in [-0.2, 0) is 0 Å². The average molecular weight is 433 g/mol. The van der Waals surface area contributed by atoms with Crippen LogP contribution in [0.25, 0.3) is 27.5 Å². The molecule has 4 nitrogen and oxygen atoms in total. The van der Waals surface area contributed by atoms with Crippen LogP contribution in [0.4, 0.5) is 0 Å². The van der Waals surface area contributed by atoms with Crippen LogP contribution in [0.2, 0.25) is 0 Å². The summed E-state index contributed by atoms with van der Waals surface area (Å²) in [7, 11) is 0.175. The fourth-order valence-electron chi connectivity index (χ4n) is 3.16. The summed E-state index contributed by atoms with van der Waals surface area (Å²) in [6.45, 7) is 15.5.